The second kappa shape index (κ2) is 6.22. The van der Waals surface area contributed by atoms with Gasteiger partial charge in [0.15, 0.2) is 12.6 Å². The summed E-state index contributed by atoms with van der Waals surface area (Å²) in [6.07, 6.45) is 2.56. The highest BCUT2D eigenvalue weighted by molar-refractivity contribution is 5.60. The molecule has 2 unspecified atom stereocenters. The Hall–Kier alpha value is -1.29. The first kappa shape index (κ1) is 14.6. The van der Waals surface area contributed by atoms with Crippen molar-refractivity contribution in [1.82, 2.24) is 4.90 Å². The lowest BCUT2D eigenvalue weighted by Crippen LogP contribution is -2.27. The molecular formula is C15H23N2O4+. The molecule has 6 nitrogen and oxygen atoms in total. The Bertz CT molecular complexity index is 452. The maximum absolute atomic E-state index is 11.3. The summed E-state index contributed by atoms with van der Waals surface area (Å²) in [6.45, 7) is 6.83. The van der Waals surface area contributed by atoms with E-state index >= 15 is 0 Å². The lowest BCUT2D eigenvalue weighted by Gasteiger charge is -2.08. The molecule has 0 aromatic rings. The fraction of sp³-hybridized carbons (Fsp3) is 0.800. The molecule has 0 aliphatic carbocycles. The van der Waals surface area contributed by atoms with E-state index in [9.17, 15) is 4.79 Å². The SMILES string of the molecule is CCOC(=O)OC1CC[N@+]2(CC#CCN3CCCC3)OC12. The minimum Gasteiger partial charge on any atom is -0.435 e. The van der Waals surface area contributed by atoms with Crippen LogP contribution < -0.4 is 0 Å². The molecule has 0 aromatic heterocycles. The zero-order valence-corrected chi connectivity index (χ0v) is 12.5. The molecule has 0 saturated carbocycles. The molecule has 0 radical (unpaired) electrons. The third-order valence-corrected chi connectivity index (χ3v) is 4.33. The number of ether oxygens (including phenoxy) is 2. The van der Waals surface area contributed by atoms with Gasteiger partial charge in [0.1, 0.15) is 6.54 Å². The van der Waals surface area contributed by atoms with Crippen LogP contribution in [0.4, 0.5) is 4.79 Å². The van der Waals surface area contributed by atoms with E-state index in [0.717, 1.165) is 19.5 Å². The summed E-state index contributed by atoms with van der Waals surface area (Å²) >= 11 is 0. The summed E-state index contributed by atoms with van der Waals surface area (Å²) in [5, 5.41) is 0. The number of rotatable bonds is 4. The van der Waals surface area contributed by atoms with Crippen LogP contribution in [0.3, 0.4) is 0 Å². The molecule has 3 aliphatic rings. The van der Waals surface area contributed by atoms with Gasteiger partial charge < -0.3 is 9.47 Å². The molecule has 3 atom stereocenters. The number of fused-ring (bicyclic) bond motifs is 1. The summed E-state index contributed by atoms with van der Waals surface area (Å²) in [6, 6.07) is 0. The van der Waals surface area contributed by atoms with Crippen molar-refractivity contribution in [3.05, 3.63) is 0 Å². The van der Waals surface area contributed by atoms with Crippen LogP contribution >= 0.6 is 0 Å². The normalized spacial score (nSPS) is 34.0. The van der Waals surface area contributed by atoms with Crippen molar-refractivity contribution in [1.29, 1.82) is 0 Å². The number of carbonyl (C=O) groups is 1. The Morgan fingerprint density at radius 1 is 1.38 bits per heavy atom. The Morgan fingerprint density at radius 2 is 2.19 bits per heavy atom. The highest BCUT2D eigenvalue weighted by Crippen LogP contribution is 2.44. The van der Waals surface area contributed by atoms with E-state index in [1.807, 2.05) is 0 Å². The van der Waals surface area contributed by atoms with Gasteiger partial charge in [-0.1, -0.05) is 5.92 Å². The maximum Gasteiger partial charge on any atom is 0.508 e. The molecule has 0 bridgehead atoms. The predicted octanol–water partition coefficient (Wildman–Crippen LogP) is 1.12. The van der Waals surface area contributed by atoms with Gasteiger partial charge in [0.05, 0.1) is 13.2 Å². The maximum atomic E-state index is 11.3. The van der Waals surface area contributed by atoms with E-state index in [0.29, 0.717) is 17.8 Å². The minimum atomic E-state index is -0.599. The summed E-state index contributed by atoms with van der Waals surface area (Å²) in [5.41, 5.74) is 0. The van der Waals surface area contributed by atoms with Crippen molar-refractivity contribution in [2.24, 2.45) is 0 Å². The minimum absolute atomic E-state index is 0.0458. The Balaban J connectivity index is 1.42. The summed E-state index contributed by atoms with van der Waals surface area (Å²) in [7, 11) is 0. The summed E-state index contributed by atoms with van der Waals surface area (Å²) < 4.78 is 10.6. The molecule has 21 heavy (non-hydrogen) atoms. The van der Waals surface area contributed by atoms with Crippen LogP contribution in [0.2, 0.25) is 0 Å². The van der Waals surface area contributed by atoms with E-state index in [4.69, 9.17) is 14.3 Å². The molecule has 6 heteroatoms. The molecule has 3 rings (SSSR count). The quantitative estimate of drug-likeness (QED) is 0.337. The Labute approximate surface area is 125 Å². The largest absolute Gasteiger partial charge is 0.508 e. The molecule has 116 valence electrons. The van der Waals surface area contributed by atoms with E-state index in [-0.39, 0.29) is 12.3 Å². The third-order valence-electron chi connectivity index (χ3n) is 4.33. The van der Waals surface area contributed by atoms with Gasteiger partial charge >= 0.3 is 12.4 Å². The number of hydroxylamine groups is 3. The Kier molecular flexibility index (Phi) is 4.34. The lowest BCUT2D eigenvalue weighted by molar-refractivity contribution is -0.908. The highest BCUT2D eigenvalue weighted by atomic mass is 16.9. The summed E-state index contributed by atoms with van der Waals surface area (Å²) in [4.78, 5) is 19.4. The van der Waals surface area contributed by atoms with Gasteiger partial charge in [-0.2, -0.15) is 0 Å². The zero-order chi connectivity index (χ0) is 14.7. The van der Waals surface area contributed by atoms with Crippen LogP contribution in [0.1, 0.15) is 26.2 Å². The van der Waals surface area contributed by atoms with Crippen molar-refractivity contribution >= 4 is 6.16 Å². The van der Waals surface area contributed by atoms with Gasteiger partial charge in [-0.15, -0.1) is 9.48 Å². The van der Waals surface area contributed by atoms with Crippen molar-refractivity contribution in [3.63, 3.8) is 0 Å². The van der Waals surface area contributed by atoms with Gasteiger partial charge in [-0.25, -0.2) is 4.79 Å². The van der Waals surface area contributed by atoms with Crippen LogP contribution in [0, 0.1) is 11.8 Å². The molecule has 3 heterocycles. The van der Waals surface area contributed by atoms with Gasteiger partial charge in [-0.3, -0.25) is 4.90 Å². The fourth-order valence-corrected chi connectivity index (χ4v) is 3.12. The van der Waals surface area contributed by atoms with Crippen LogP contribution in [0.15, 0.2) is 0 Å². The van der Waals surface area contributed by atoms with E-state index in [1.54, 1.807) is 6.92 Å². The van der Waals surface area contributed by atoms with Crippen molar-refractivity contribution in [2.75, 3.05) is 39.3 Å². The molecule has 0 amide bonds. The van der Waals surface area contributed by atoms with Crippen molar-refractivity contribution in [2.45, 2.75) is 38.5 Å². The van der Waals surface area contributed by atoms with Crippen LogP contribution in [-0.4, -0.2) is 67.4 Å². The molecule has 0 spiro atoms. The molecule has 0 N–H and O–H groups in total. The predicted molar refractivity (Wildman–Crippen MR) is 74.8 cm³/mol. The van der Waals surface area contributed by atoms with Crippen LogP contribution in [-0.2, 0) is 14.3 Å². The second-order valence-corrected chi connectivity index (χ2v) is 5.79. The average molecular weight is 295 g/mol. The van der Waals surface area contributed by atoms with Gasteiger partial charge in [0.2, 0.25) is 0 Å². The topological polar surface area (TPSA) is 51.3 Å². The fourth-order valence-electron chi connectivity index (χ4n) is 3.12. The van der Waals surface area contributed by atoms with Gasteiger partial charge in [0.25, 0.3) is 0 Å². The highest BCUT2D eigenvalue weighted by Gasteiger charge is 2.69. The van der Waals surface area contributed by atoms with Crippen LogP contribution in [0.25, 0.3) is 0 Å². The summed E-state index contributed by atoms with van der Waals surface area (Å²) in [5.74, 6) is 6.45. The Morgan fingerprint density at radius 3 is 2.90 bits per heavy atom. The van der Waals surface area contributed by atoms with E-state index in [2.05, 4.69) is 16.7 Å². The monoisotopic (exact) mass is 295 g/mol. The van der Waals surface area contributed by atoms with Crippen molar-refractivity contribution < 1.29 is 23.8 Å². The van der Waals surface area contributed by atoms with Gasteiger partial charge in [-0.05, 0) is 38.8 Å². The van der Waals surface area contributed by atoms with Crippen LogP contribution in [0.5, 0.6) is 0 Å². The van der Waals surface area contributed by atoms with Gasteiger partial charge in [0, 0.05) is 6.42 Å². The number of hydrogen-bond donors (Lipinski definition) is 0. The molecule has 3 saturated heterocycles. The number of carbonyl (C=O) groups excluding carboxylic acids is 1. The molecule has 3 fully saturated rings. The molecule has 0 aromatic carbocycles. The number of quaternary nitrogens is 1. The molecule has 3 aliphatic heterocycles. The first-order valence-corrected chi connectivity index (χ1v) is 7.80. The third kappa shape index (κ3) is 3.31. The molecular weight excluding hydrogens is 272 g/mol. The smallest absolute Gasteiger partial charge is 0.435 e. The zero-order valence-electron chi connectivity index (χ0n) is 12.5. The number of nitrogens with zero attached hydrogens (tertiary/aromatic N) is 2. The average Bonchev–Trinajstić information content (AvgIpc) is 2.83. The number of likely N-dealkylation sites (tertiary alicyclic amines) is 1. The number of hydrogen-bond acceptors (Lipinski definition) is 5. The second-order valence-electron chi connectivity index (χ2n) is 5.79. The standard InChI is InChI=1S/C15H23N2O4/c1-2-19-15(18)20-13-7-12-17(14(13)21-17)11-6-5-10-16-8-3-4-9-16/h13-14H,2-4,7-12H2,1H3/q+1/t13?,14?,17-/m0/s1. The van der Waals surface area contributed by atoms with E-state index < -0.39 is 6.16 Å². The van der Waals surface area contributed by atoms with E-state index in [1.165, 1.54) is 25.9 Å². The van der Waals surface area contributed by atoms with Crippen molar-refractivity contribution in [3.8, 4) is 11.8 Å². The first-order chi connectivity index (χ1) is 10.2. The first-order valence-electron chi connectivity index (χ1n) is 7.80. The lowest BCUT2D eigenvalue weighted by atomic mass is 10.3.